The SMILES string of the molecule is Cc1nnc(Cl)n1-c1ccc2c(c1)OCCO2. The summed E-state index contributed by atoms with van der Waals surface area (Å²) in [6.07, 6.45) is 0. The summed E-state index contributed by atoms with van der Waals surface area (Å²) in [6.45, 7) is 2.99. The first-order chi connectivity index (χ1) is 8.25. The van der Waals surface area contributed by atoms with E-state index in [2.05, 4.69) is 10.2 Å². The quantitative estimate of drug-likeness (QED) is 0.778. The molecule has 0 N–H and O–H groups in total. The predicted molar refractivity (Wildman–Crippen MR) is 62.1 cm³/mol. The molecular formula is C11H10ClN3O2. The normalized spacial score (nSPS) is 13.8. The summed E-state index contributed by atoms with van der Waals surface area (Å²) in [5, 5.41) is 8.06. The summed E-state index contributed by atoms with van der Waals surface area (Å²) in [6, 6.07) is 5.63. The molecule has 1 aliphatic rings. The first-order valence-corrected chi connectivity index (χ1v) is 5.61. The summed E-state index contributed by atoms with van der Waals surface area (Å²) in [5.74, 6) is 2.20. The number of fused-ring (bicyclic) bond motifs is 1. The molecule has 0 unspecified atom stereocenters. The third kappa shape index (κ3) is 1.72. The Hall–Kier alpha value is -1.75. The Bertz CT molecular complexity index is 548. The maximum Gasteiger partial charge on any atom is 0.229 e. The van der Waals surface area contributed by atoms with Crippen LogP contribution >= 0.6 is 11.6 Å². The van der Waals surface area contributed by atoms with Crippen molar-refractivity contribution in [3.8, 4) is 17.2 Å². The maximum atomic E-state index is 5.98. The van der Waals surface area contributed by atoms with Crippen LogP contribution < -0.4 is 9.47 Å². The van der Waals surface area contributed by atoms with Crippen LogP contribution in [0.1, 0.15) is 5.82 Å². The van der Waals surface area contributed by atoms with Gasteiger partial charge in [-0.15, -0.1) is 10.2 Å². The summed E-state index contributed by atoms with van der Waals surface area (Å²) in [7, 11) is 0. The first kappa shape index (κ1) is 10.4. The highest BCUT2D eigenvalue weighted by molar-refractivity contribution is 6.28. The van der Waals surface area contributed by atoms with Gasteiger partial charge >= 0.3 is 0 Å². The molecule has 2 heterocycles. The lowest BCUT2D eigenvalue weighted by molar-refractivity contribution is 0.171. The fourth-order valence-corrected chi connectivity index (χ4v) is 2.06. The third-order valence-corrected chi connectivity index (χ3v) is 2.81. The van der Waals surface area contributed by atoms with Gasteiger partial charge in [-0.3, -0.25) is 4.57 Å². The molecule has 0 aliphatic carbocycles. The second kappa shape index (κ2) is 3.92. The molecule has 0 atom stereocenters. The Morgan fingerprint density at radius 3 is 2.65 bits per heavy atom. The third-order valence-electron chi connectivity index (χ3n) is 2.57. The van der Waals surface area contributed by atoms with Crippen molar-refractivity contribution >= 4 is 11.6 Å². The molecule has 0 amide bonds. The smallest absolute Gasteiger partial charge is 0.229 e. The van der Waals surface area contributed by atoms with E-state index in [0.717, 1.165) is 23.0 Å². The van der Waals surface area contributed by atoms with Gasteiger partial charge in [0.2, 0.25) is 5.28 Å². The molecule has 88 valence electrons. The molecule has 0 spiro atoms. The fourth-order valence-electron chi connectivity index (χ4n) is 1.80. The zero-order valence-electron chi connectivity index (χ0n) is 9.18. The molecule has 0 saturated carbocycles. The van der Waals surface area contributed by atoms with Gasteiger partial charge in [0.15, 0.2) is 11.5 Å². The topological polar surface area (TPSA) is 49.2 Å². The monoisotopic (exact) mass is 251 g/mol. The van der Waals surface area contributed by atoms with Gasteiger partial charge in [-0.25, -0.2) is 0 Å². The first-order valence-electron chi connectivity index (χ1n) is 5.23. The van der Waals surface area contributed by atoms with Gasteiger partial charge in [-0.1, -0.05) is 0 Å². The van der Waals surface area contributed by atoms with E-state index >= 15 is 0 Å². The molecule has 0 radical (unpaired) electrons. The average Bonchev–Trinajstić information content (AvgIpc) is 2.68. The molecule has 1 aromatic carbocycles. The lowest BCUT2D eigenvalue weighted by Crippen LogP contribution is -2.15. The van der Waals surface area contributed by atoms with Gasteiger partial charge < -0.3 is 9.47 Å². The zero-order valence-corrected chi connectivity index (χ0v) is 9.94. The fraction of sp³-hybridized carbons (Fsp3) is 0.273. The second-order valence-corrected chi connectivity index (χ2v) is 4.02. The van der Waals surface area contributed by atoms with Crippen molar-refractivity contribution in [2.24, 2.45) is 0 Å². The maximum absolute atomic E-state index is 5.98. The number of ether oxygens (including phenoxy) is 2. The predicted octanol–water partition coefficient (Wildman–Crippen LogP) is 2.00. The van der Waals surface area contributed by atoms with Gasteiger partial charge in [0.05, 0.1) is 5.69 Å². The average molecular weight is 252 g/mol. The molecule has 0 bridgehead atoms. The summed E-state index contributed by atoms with van der Waals surface area (Å²) >= 11 is 5.98. The van der Waals surface area contributed by atoms with E-state index < -0.39 is 0 Å². The number of hydrogen-bond acceptors (Lipinski definition) is 4. The number of aryl methyl sites for hydroxylation is 1. The van der Waals surface area contributed by atoms with Crippen LogP contribution in [-0.4, -0.2) is 28.0 Å². The van der Waals surface area contributed by atoms with Crippen LogP contribution in [0.5, 0.6) is 11.5 Å². The van der Waals surface area contributed by atoms with Gasteiger partial charge in [0.25, 0.3) is 0 Å². The summed E-state index contributed by atoms with van der Waals surface area (Å²) in [4.78, 5) is 0. The van der Waals surface area contributed by atoms with E-state index in [0.29, 0.717) is 18.5 Å². The second-order valence-electron chi connectivity index (χ2n) is 3.68. The molecule has 17 heavy (non-hydrogen) atoms. The van der Waals surface area contributed by atoms with Crippen LogP contribution in [0.3, 0.4) is 0 Å². The molecule has 3 rings (SSSR count). The van der Waals surface area contributed by atoms with Crippen molar-refractivity contribution < 1.29 is 9.47 Å². The van der Waals surface area contributed by atoms with Gasteiger partial charge in [-0.05, 0) is 30.7 Å². The number of hydrogen-bond donors (Lipinski definition) is 0. The van der Waals surface area contributed by atoms with E-state index in [4.69, 9.17) is 21.1 Å². The summed E-state index contributed by atoms with van der Waals surface area (Å²) in [5.41, 5.74) is 0.863. The van der Waals surface area contributed by atoms with Crippen LogP contribution in [0, 0.1) is 6.92 Å². The molecule has 1 aromatic heterocycles. The zero-order chi connectivity index (χ0) is 11.8. The molecule has 6 heteroatoms. The minimum atomic E-state index is 0.333. The Balaban J connectivity index is 2.10. The Labute approximate surface area is 103 Å². The van der Waals surface area contributed by atoms with Crippen molar-refractivity contribution in [1.29, 1.82) is 0 Å². The lowest BCUT2D eigenvalue weighted by Gasteiger charge is -2.19. The van der Waals surface area contributed by atoms with Gasteiger partial charge in [0, 0.05) is 6.07 Å². The van der Waals surface area contributed by atoms with Crippen LogP contribution in [0.15, 0.2) is 18.2 Å². The van der Waals surface area contributed by atoms with Crippen LogP contribution in [-0.2, 0) is 0 Å². The van der Waals surface area contributed by atoms with E-state index in [1.807, 2.05) is 25.1 Å². The Morgan fingerprint density at radius 2 is 1.94 bits per heavy atom. The minimum Gasteiger partial charge on any atom is -0.486 e. The molecule has 2 aromatic rings. The van der Waals surface area contributed by atoms with Crippen molar-refractivity contribution in [3.05, 3.63) is 29.3 Å². The van der Waals surface area contributed by atoms with Gasteiger partial charge in [-0.2, -0.15) is 0 Å². The van der Waals surface area contributed by atoms with Crippen molar-refractivity contribution in [2.45, 2.75) is 6.92 Å². The number of aromatic nitrogens is 3. The molecule has 5 nitrogen and oxygen atoms in total. The molecule has 0 saturated heterocycles. The van der Waals surface area contributed by atoms with Crippen molar-refractivity contribution in [1.82, 2.24) is 14.8 Å². The number of halogens is 1. The Kier molecular flexibility index (Phi) is 2.40. The van der Waals surface area contributed by atoms with E-state index in [1.54, 1.807) is 4.57 Å². The van der Waals surface area contributed by atoms with Crippen LogP contribution in [0.4, 0.5) is 0 Å². The molecule has 1 aliphatic heterocycles. The number of rotatable bonds is 1. The molecule has 0 fully saturated rings. The highest BCUT2D eigenvalue weighted by Gasteiger charge is 2.15. The van der Waals surface area contributed by atoms with E-state index in [1.165, 1.54) is 0 Å². The van der Waals surface area contributed by atoms with E-state index in [9.17, 15) is 0 Å². The Morgan fingerprint density at radius 1 is 1.18 bits per heavy atom. The van der Waals surface area contributed by atoms with Crippen LogP contribution in [0.25, 0.3) is 5.69 Å². The minimum absolute atomic E-state index is 0.333. The molecular weight excluding hydrogens is 242 g/mol. The standard InChI is InChI=1S/C11H10ClN3O2/c1-7-13-14-11(12)15(7)8-2-3-9-10(6-8)17-5-4-16-9/h2-3,6H,4-5H2,1H3. The van der Waals surface area contributed by atoms with Crippen LogP contribution in [0.2, 0.25) is 5.28 Å². The number of benzene rings is 1. The lowest BCUT2D eigenvalue weighted by atomic mass is 10.2. The highest BCUT2D eigenvalue weighted by Crippen LogP contribution is 2.32. The van der Waals surface area contributed by atoms with Crippen molar-refractivity contribution in [2.75, 3.05) is 13.2 Å². The van der Waals surface area contributed by atoms with Gasteiger partial charge in [0.1, 0.15) is 19.0 Å². The largest absolute Gasteiger partial charge is 0.486 e. The van der Waals surface area contributed by atoms with Crippen molar-refractivity contribution in [3.63, 3.8) is 0 Å². The highest BCUT2D eigenvalue weighted by atomic mass is 35.5. The summed E-state index contributed by atoms with van der Waals surface area (Å²) < 4.78 is 12.7. The van der Waals surface area contributed by atoms with E-state index in [-0.39, 0.29) is 0 Å². The number of nitrogens with zero attached hydrogens (tertiary/aromatic N) is 3.